The van der Waals surface area contributed by atoms with E-state index < -0.39 is 17.6 Å². The topological polar surface area (TPSA) is 86.1 Å². The number of rotatable bonds is 5. The number of H-pyrrole nitrogens is 1. The van der Waals surface area contributed by atoms with Gasteiger partial charge in [0, 0.05) is 47.4 Å². The van der Waals surface area contributed by atoms with Gasteiger partial charge in [0.25, 0.3) is 0 Å². The molecule has 5 rings (SSSR count). The molecule has 3 heterocycles. The average Bonchev–Trinajstić information content (AvgIpc) is 3.54. The lowest BCUT2D eigenvalue weighted by molar-refractivity contribution is -0.137. The fourth-order valence-electron chi connectivity index (χ4n) is 4.16. The van der Waals surface area contributed by atoms with Crippen molar-refractivity contribution >= 4 is 36.3 Å². The van der Waals surface area contributed by atoms with E-state index in [9.17, 15) is 17.6 Å². The molecule has 1 atom stereocenters. The number of fused-ring (bicyclic) bond motifs is 1. The van der Waals surface area contributed by atoms with Gasteiger partial charge in [-0.05, 0) is 59.5 Å². The maximum Gasteiger partial charge on any atom is 0.419 e. The van der Waals surface area contributed by atoms with E-state index in [2.05, 4.69) is 49.7 Å². The van der Waals surface area contributed by atoms with Gasteiger partial charge in [-0.1, -0.05) is 12.1 Å². The van der Waals surface area contributed by atoms with Crippen molar-refractivity contribution in [3.05, 3.63) is 66.2 Å². The summed E-state index contributed by atoms with van der Waals surface area (Å²) in [5.41, 5.74) is 5.21. The first-order chi connectivity index (χ1) is 17.7. The molecule has 1 aliphatic heterocycles. The SMILES string of the molecule is CN.CN(C)P1CCN(c2ccc(Nc3ncc(C(F)(F)F)c(-c4c[nH]c5c(F)cccc45)n3)cc2)C1. The van der Waals surface area contributed by atoms with Crippen LogP contribution in [0, 0.1) is 5.82 Å². The lowest BCUT2D eigenvalue weighted by Gasteiger charge is -2.22. The van der Waals surface area contributed by atoms with E-state index >= 15 is 0 Å². The van der Waals surface area contributed by atoms with Crippen LogP contribution in [-0.2, 0) is 6.18 Å². The van der Waals surface area contributed by atoms with Crippen molar-refractivity contribution in [3.63, 3.8) is 0 Å². The van der Waals surface area contributed by atoms with Crippen molar-refractivity contribution < 1.29 is 17.6 Å². The molecule has 1 aliphatic rings. The zero-order chi connectivity index (χ0) is 26.7. The first-order valence-corrected chi connectivity index (χ1v) is 13.2. The Morgan fingerprint density at radius 3 is 2.49 bits per heavy atom. The molecule has 1 fully saturated rings. The summed E-state index contributed by atoms with van der Waals surface area (Å²) in [6.45, 7) is 0.993. The van der Waals surface area contributed by atoms with Crippen LogP contribution in [0.25, 0.3) is 22.2 Å². The lowest BCUT2D eigenvalue weighted by Crippen LogP contribution is -2.18. The third kappa shape index (κ3) is 5.69. The highest BCUT2D eigenvalue weighted by atomic mass is 31.1. The standard InChI is InChI=1S/C24H23F4N6P.CH5N/c1-33(2)35-11-10-34(14-35)16-8-6-15(7-9-16)31-23-30-13-19(24(26,27)28)21(32-23)18-12-29-22-17(18)4-3-5-20(22)25;1-2/h3-9,12-13,29H,10-11,14H2,1-2H3,(H,30,31,32);2H2,1H3. The zero-order valence-corrected chi connectivity index (χ0v) is 21.5. The van der Waals surface area contributed by atoms with Crippen molar-refractivity contribution in [1.82, 2.24) is 19.6 Å². The van der Waals surface area contributed by atoms with Crippen molar-refractivity contribution in [2.45, 2.75) is 6.18 Å². The van der Waals surface area contributed by atoms with E-state index in [-0.39, 0.29) is 30.8 Å². The molecule has 0 amide bonds. The fourth-order valence-corrected chi connectivity index (χ4v) is 6.13. The number of aromatic amines is 1. The van der Waals surface area contributed by atoms with Gasteiger partial charge in [-0.15, -0.1) is 0 Å². The van der Waals surface area contributed by atoms with E-state index in [0.717, 1.165) is 30.9 Å². The van der Waals surface area contributed by atoms with E-state index in [1.807, 2.05) is 24.3 Å². The molecule has 0 saturated carbocycles. The Labute approximate surface area is 213 Å². The minimum atomic E-state index is -4.67. The van der Waals surface area contributed by atoms with Crippen LogP contribution in [0.15, 0.2) is 54.9 Å². The molecule has 4 aromatic rings. The van der Waals surface area contributed by atoms with Gasteiger partial charge in [0.15, 0.2) is 0 Å². The van der Waals surface area contributed by atoms with E-state index in [1.54, 1.807) is 6.07 Å². The highest BCUT2D eigenvalue weighted by Gasteiger charge is 2.36. The summed E-state index contributed by atoms with van der Waals surface area (Å²) in [7, 11) is 5.55. The first kappa shape index (κ1) is 26.8. The summed E-state index contributed by atoms with van der Waals surface area (Å²) < 4.78 is 57.7. The number of aromatic nitrogens is 3. The Morgan fingerprint density at radius 2 is 1.84 bits per heavy atom. The van der Waals surface area contributed by atoms with Crippen LogP contribution >= 0.6 is 8.07 Å². The molecular formula is C25H28F4N7P. The van der Waals surface area contributed by atoms with Gasteiger partial charge in [-0.25, -0.2) is 14.4 Å². The third-order valence-electron chi connectivity index (χ3n) is 6.03. The molecule has 4 N–H and O–H groups in total. The molecule has 2 aromatic heterocycles. The molecule has 0 spiro atoms. The Bertz CT molecular complexity index is 1360. The summed E-state index contributed by atoms with van der Waals surface area (Å²) >= 11 is 0. The molecule has 0 bridgehead atoms. The number of para-hydroxylation sites is 1. The van der Waals surface area contributed by atoms with E-state index in [0.29, 0.717) is 11.1 Å². The van der Waals surface area contributed by atoms with Crippen molar-refractivity contribution in [2.24, 2.45) is 5.73 Å². The molecule has 0 aliphatic carbocycles. The minimum absolute atomic E-state index is 0.0174. The predicted molar refractivity (Wildman–Crippen MR) is 142 cm³/mol. The summed E-state index contributed by atoms with van der Waals surface area (Å²) in [6.07, 6.45) is -0.421. The molecule has 1 saturated heterocycles. The summed E-state index contributed by atoms with van der Waals surface area (Å²) in [5, 5.41) is 3.31. The summed E-state index contributed by atoms with van der Waals surface area (Å²) in [4.78, 5) is 13.1. The van der Waals surface area contributed by atoms with Gasteiger partial charge in [-0.2, -0.15) is 13.2 Å². The smallest absolute Gasteiger partial charge is 0.366 e. The monoisotopic (exact) mass is 533 g/mol. The van der Waals surface area contributed by atoms with Crippen LogP contribution in [0.1, 0.15) is 5.56 Å². The predicted octanol–water partition coefficient (Wildman–Crippen LogP) is 5.84. The number of alkyl halides is 3. The number of anilines is 3. The fraction of sp³-hybridized carbons (Fsp3) is 0.280. The number of hydrogen-bond donors (Lipinski definition) is 3. The van der Waals surface area contributed by atoms with Gasteiger partial charge in [0.2, 0.25) is 5.95 Å². The number of nitrogens with one attached hydrogen (secondary N) is 2. The van der Waals surface area contributed by atoms with Crippen LogP contribution in [-0.4, -0.2) is 59.8 Å². The molecule has 12 heteroatoms. The van der Waals surface area contributed by atoms with E-state index in [4.69, 9.17) is 0 Å². The van der Waals surface area contributed by atoms with Crippen molar-refractivity contribution in [2.75, 3.05) is 50.4 Å². The highest BCUT2D eigenvalue weighted by molar-refractivity contribution is 7.55. The summed E-state index contributed by atoms with van der Waals surface area (Å²) in [6, 6.07) is 11.9. The average molecular weight is 534 g/mol. The van der Waals surface area contributed by atoms with E-state index in [1.165, 1.54) is 25.4 Å². The molecule has 1 unspecified atom stereocenters. The Kier molecular flexibility index (Phi) is 7.96. The minimum Gasteiger partial charge on any atom is -0.366 e. The van der Waals surface area contributed by atoms with Crippen LogP contribution in [0.5, 0.6) is 0 Å². The Balaban J connectivity index is 0.00000156. The summed E-state index contributed by atoms with van der Waals surface area (Å²) in [5.74, 6) is -0.533. The number of nitrogens with zero attached hydrogens (tertiary/aromatic N) is 4. The highest BCUT2D eigenvalue weighted by Crippen LogP contribution is 2.44. The second kappa shape index (κ2) is 11.0. The van der Waals surface area contributed by atoms with Crippen molar-refractivity contribution in [1.29, 1.82) is 0 Å². The largest absolute Gasteiger partial charge is 0.419 e. The van der Waals surface area contributed by atoms with Crippen LogP contribution < -0.4 is 16.0 Å². The second-order valence-electron chi connectivity index (χ2n) is 8.47. The van der Waals surface area contributed by atoms with Crippen molar-refractivity contribution in [3.8, 4) is 11.3 Å². The Hall–Kier alpha value is -3.27. The molecule has 2 aromatic carbocycles. The molecule has 0 radical (unpaired) electrons. The number of nitrogens with two attached hydrogens (primary N) is 1. The normalized spacial score (nSPS) is 15.7. The third-order valence-corrected chi connectivity index (χ3v) is 8.55. The quantitative estimate of drug-likeness (QED) is 0.221. The van der Waals surface area contributed by atoms with Gasteiger partial charge < -0.3 is 20.9 Å². The van der Waals surface area contributed by atoms with Crippen LogP contribution in [0.3, 0.4) is 0 Å². The second-order valence-corrected chi connectivity index (χ2v) is 11.0. The number of benzene rings is 2. The first-order valence-electron chi connectivity index (χ1n) is 11.5. The lowest BCUT2D eigenvalue weighted by atomic mass is 10.1. The maximum atomic E-state index is 14.1. The van der Waals surface area contributed by atoms with Gasteiger partial charge in [-0.3, -0.25) is 4.67 Å². The van der Waals surface area contributed by atoms with Crippen LogP contribution in [0.2, 0.25) is 0 Å². The van der Waals surface area contributed by atoms with Gasteiger partial charge in [0.1, 0.15) is 11.4 Å². The van der Waals surface area contributed by atoms with Gasteiger partial charge >= 0.3 is 6.18 Å². The number of hydrogen-bond acceptors (Lipinski definition) is 6. The molecular weight excluding hydrogens is 505 g/mol. The molecule has 37 heavy (non-hydrogen) atoms. The number of halogens is 4. The molecule has 7 nitrogen and oxygen atoms in total. The van der Waals surface area contributed by atoms with Gasteiger partial charge in [0.05, 0.1) is 17.5 Å². The van der Waals surface area contributed by atoms with Crippen LogP contribution in [0.4, 0.5) is 34.9 Å². The molecule has 196 valence electrons. The zero-order valence-electron chi connectivity index (χ0n) is 20.6. The Morgan fingerprint density at radius 1 is 1.11 bits per heavy atom. The maximum absolute atomic E-state index is 14.1.